The minimum absolute atomic E-state index is 0.0485. The molecule has 4 heterocycles. The molecule has 0 saturated carbocycles. The summed E-state index contributed by atoms with van der Waals surface area (Å²) in [4.78, 5) is 35.1. The number of fused-ring (bicyclic) bond motifs is 1. The Bertz CT molecular complexity index is 1350. The molecule has 0 radical (unpaired) electrons. The van der Waals surface area contributed by atoms with Gasteiger partial charge in [-0.3, -0.25) is 14.0 Å². The number of benzene rings is 1. The maximum absolute atomic E-state index is 13.3. The number of hydrogen-bond acceptors (Lipinski definition) is 8. The molecule has 11 heteroatoms. The van der Waals surface area contributed by atoms with Crippen LogP contribution in [-0.2, 0) is 15.9 Å². The topological polar surface area (TPSA) is 96.6 Å². The van der Waals surface area contributed by atoms with Crippen molar-refractivity contribution in [2.24, 2.45) is 0 Å². The number of anilines is 2. The molecule has 36 heavy (non-hydrogen) atoms. The first-order valence-corrected chi connectivity index (χ1v) is 12.6. The van der Waals surface area contributed by atoms with Crippen LogP contribution in [0.15, 0.2) is 35.3 Å². The highest BCUT2D eigenvalue weighted by molar-refractivity contribution is 6.42. The Labute approximate surface area is 217 Å². The summed E-state index contributed by atoms with van der Waals surface area (Å²) in [5.74, 6) is -1.08. The van der Waals surface area contributed by atoms with E-state index in [1.165, 1.54) is 4.40 Å². The van der Waals surface area contributed by atoms with Crippen molar-refractivity contribution >= 4 is 46.0 Å². The molecule has 0 spiro atoms. The average Bonchev–Trinajstić information content (AvgIpc) is 2.91. The van der Waals surface area contributed by atoms with Crippen molar-refractivity contribution in [2.75, 3.05) is 62.4 Å². The highest BCUT2D eigenvalue weighted by atomic mass is 35.5. The molecule has 0 amide bonds. The summed E-state index contributed by atoms with van der Waals surface area (Å²) < 4.78 is 12.3. The van der Waals surface area contributed by atoms with Crippen LogP contribution >= 0.6 is 23.2 Å². The van der Waals surface area contributed by atoms with Gasteiger partial charge in [-0.05, 0) is 30.2 Å². The number of halogens is 2. The predicted octanol–water partition coefficient (Wildman–Crippen LogP) is 3.20. The van der Waals surface area contributed by atoms with E-state index in [4.69, 9.17) is 32.7 Å². The van der Waals surface area contributed by atoms with Gasteiger partial charge in [0.1, 0.15) is 0 Å². The molecule has 2 aliphatic heterocycles. The van der Waals surface area contributed by atoms with Gasteiger partial charge in [0, 0.05) is 38.8 Å². The first-order valence-electron chi connectivity index (χ1n) is 11.8. The second kappa shape index (κ2) is 10.6. The summed E-state index contributed by atoms with van der Waals surface area (Å²) in [5, 5.41) is 11.6. The number of ether oxygens (including phenoxy) is 2. The molecule has 3 aromatic rings. The van der Waals surface area contributed by atoms with Crippen LogP contribution in [0.2, 0.25) is 10.0 Å². The van der Waals surface area contributed by atoms with Crippen molar-refractivity contribution in [3.05, 3.63) is 62.1 Å². The van der Waals surface area contributed by atoms with E-state index in [1.54, 1.807) is 24.4 Å². The quantitative estimate of drug-likeness (QED) is 0.483. The molecule has 2 aromatic heterocycles. The van der Waals surface area contributed by atoms with E-state index in [0.717, 1.165) is 16.9 Å². The highest BCUT2D eigenvalue weighted by Gasteiger charge is 2.24. The molecule has 1 N–H and O–H groups in total. The van der Waals surface area contributed by atoms with Crippen molar-refractivity contribution in [1.82, 2.24) is 9.38 Å². The number of Topliss-reactive ketones (excluding diaryl/α,β-unsaturated/α-hetero) is 1. The Morgan fingerprint density at radius 2 is 1.64 bits per heavy atom. The number of aryl methyl sites for hydroxylation is 1. The van der Waals surface area contributed by atoms with Gasteiger partial charge in [0.2, 0.25) is 5.75 Å². The van der Waals surface area contributed by atoms with Crippen LogP contribution in [0.25, 0.3) is 5.65 Å². The lowest BCUT2D eigenvalue weighted by Crippen LogP contribution is -2.39. The summed E-state index contributed by atoms with van der Waals surface area (Å²) in [5.41, 5.74) is 1.79. The number of rotatable bonds is 6. The van der Waals surface area contributed by atoms with Gasteiger partial charge in [0.05, 0.1) is 47.8 Å². The molecular formula is C25H26Cl2N4O5. The first kappa shape index (κ1) is 24.8. The minimum atomic E-state index is -0.678. The van der Waals surface area contributed by atoms with Crippen molar-refractivity contribution in [2.45, 2.75) is 12.8 Å². The standard InChI is InChI=1S/C25H26Cl2N4O5/c26-18-3-1-16(13-19(18)27)2-4-21(32)22-23(33)25(34)31-15-17(29-5-9-35-10-6-29)14-20(24(31)28-22)30-7-11-36-12-8-30/h1,3,13-15,33H,2,4-12H2. The molecule has 1 aromatic carbocycles. The average molecular weight is 533 g/mol. The molecule has 0 aliphatic carbocycles. The zero-order valence-electron chi connectivity index (χ0n) is 19.6. The van der Waals surface area contributed by atoms with Crippen LogP contribution in [0.3, 0.4) is 0 Å². The van der Waals surface area contributed by atoms with Crippen LogP contribution in [0.1, 0.15) is 22.5 Å². The van der Waals surface area contributed by atoms with Crippen LogP contribution in [0.5, 0.6) is 5.75 Å². The van der Waals surface area contributed by atoms with Crippen LogP contribution in [0, 0.1) is 0 Å². The number of carbonyl (C=O) groups is 1. The van der Waals surface area contributed by atoms with E-state index < -0.39 is 17.1 Å². The van der Waals surface area contributed by atoms with E-state index in [1.807, 2.05) is 6.07 Å². The predicted molar refractivity (Wildman–Crippen MR) is 138 cm³/mol. The number of ketones is 1. The first-order chi connectivity index (χ1) is 17.4. The van der Waals surface area contributed by atoms with Crippen molar-refractivity contribution in [3.8, 4) is 5.75 Å². The van der Waals surface area contributed by atoms with E-state index in [-0.39, 0.29) is 12.1 Å². The summed E-state index contributed by atoms with van der Waals surface area (Å²) >= 11 is 12.1. The third kappa shape index (κ3) is 5.01. The number of aromatic nitrogens is 2. The Kier molecular flexibility index (Phi) is 7.34. The van der Waals surface area contributed by atoms with Crippen LogP contribution < -0.4 is 15.4 Å². The fraction of sp³-hybridized carbons (Fsp3) is 0.400. The second-order valence-corrected chi connectivity index (χ2v) is 9.58. The summed E-state index contributed by atoms with van der Waals surface area (Å²) in [6.45, 7) is 4.91. The van der Waals surface area contributed by atoms with Gasteiger partial charge < -0.3 is 24.4 Å². The number of nitrogens with zero attached hydrogens (tertiary/aromatic N) is 4. The van der Waals surface area contributed by atoms with E-state index in [2.05, 4.69) is 14.8 Å². The minimum Gasteiger partial charge on any atom is -0.501 e. The summed E-state index contributed by atoms with van der Waals surface area (Å²) in [6, 6.07) is 7.14. The molecule has 0 unspecified atom stereocenters. The molecule has 2 fully saturated rings. The molecular weight excluding hydrogens is 507 g/mol. The molecule has 0 atom stereocenters. The Morgan fingerprint density at radius 3 is 2.31 bits per heavy atom. The third-order valence-electron chi connectivity index (χ3n) is 6.48. The Hall–Kier alpha value is -2.85. The second-order valence-electron chi connectivity index (χ2n) is 8.76. The fourth-order valence-corrected chi connectivity index (χ4v) is 4.82. The van der Waals surface area contributed by atoms with Crippen LogP contribution in [0.4, 0.5) is 11.4 Å². The SMILES string of the molecule is O=C(CCc1ccc(Cl)c(Cl)c1)c1nc2c(N3CCOCC3)cc(N3CCOCC3)cn2c(=O)c1O. The van der Waals surface area contributed by atoms with Gasteiger partial charge in [-0.25, -0.2) is 4.98 Å². The lowest BCUT2D eigenvalue weighted by Gasteiger charge is -2.33. The number of aromatic hydroxyl groups is 1. The summed E-state index contributed by atoms with van der Waals surface area (Å²) in [7, 11) is 0. The Balaban J connectivity index is 1.53. The van der Waals surface area contributed by atoms with Crippen LogP contribution in [-0.4, -0.2) is 72.9 Å². The Morgan fingerprint density at radius 1 is 0.972 bits per heavy atom. The fourth-order valence-electron chi connectivity index (χ4n) is 4.50. The normalized spacial score (nSPS) is 16.5. The molecule has 0 bridgehead atoms. The smallest absolute Gasteiger partial charge is 0.300 e. The zero-order valence-corrected chi connectivity index (χ0v) is 21.1. The zero-order chi connectivity index (χ0) is 25.2. The van der Waals surface area contributed by atoms with E-state index in [0.29, 0.717) is 74.7 Å². The highest BCUT2D eigenvalue weighted by Crippen LogP contribution is 2.29. The van der Waals surface area contributed by atoms with Crippen molar-refractivity contribution in [1.29, 1.82) is 0 Å². The molecule has 2 aliphatic rings. The number of carbonyl (C=O) groups excluding carboxylic acids is 1. The third-order valence-corrected chi connectivity index (χ3v) is 7.22. The largest absolute Gasteiger partial charge is 0.501 e. The van der Waals surface area contributed by atoms with Gasteiger partial charge in [0.15, 0.2) is 17.1 Å². The lowest BCUT2D eigenvalue weighted by molar-refractivity contribution is 0.0975. The molecule has 190 valence electrons. The number of morpholine rings is 2. The number of pyridine rings is 1. The molecule has 9 nitrogen and oxygen atoms in total. The summed E-state index contributed by atoms with van der Waals surface area (Å²) in [6.07, 6.45) is 2.08. The van der Waals surface area contributed by atoms with E-state index >= 15 is 0 Å². The van der Waals surface area contributed by atoms with Crippen molar-refractivity contribution in [3.63, 3.8) is 0 Å². The molecule has 2 saturated heterocycles. The lowest BCUT2D eigenvalue weighted by atomic mass is 10.1. The van der Waals surface area contributed by atoms with Gasteiger partial charge in [-0.1, -0.05) is 29.3 Å². The van der Waals surface area contributed by atoms with Gasteiger partial charge in [-0.2, -0.15) is 0 Å². The monoisotopic (exact) mass is 532 g/mol. The van der Waals surface area contributed by atoms with Gasteiger partial charge >= 0.3 is 5.56 Å². The van der Waals surface area contributed by atoms with Gasteiger partial charge in [0.25, 0.3) is 0 Å². The maximum Gasteiger partial charge on any atom is 0.300 e. The maximum atomic E-state index is 13.3. The molecule has 5 rings (SSSR count). The number of hydrogen-bond donors (Lipinski definition) is 1. The van der Waals surface area contributed by atoms with Crippen molar-refractivity contribution < 1.29 is 19.4 Å². The van der Waals surface area contributed by atoms with E-state index in [9.17, 15) is 14.7 Å². The van der Waals surface area contributed by atoms with Gasteiger partial charge in [-0.15, -0.1) is 0 Å².